The predicted octanol–water partition coefficient (Wildman–Crippen LogP) is 31.0. The van der Waals surface area contributed by atoms with E-state index >= 15 is 0 Å². The van der Waals surface area contributed by atoms with Crippen molar-refractivity contribution in [2.24, 2.45) is 0 Å². The fourth-order valence-corrected chi connectivity index (χ4v) is 20.8. The van der Waals surface area contributed by atoms with Crippen LogP contribution in [0.4, 0.5) is 0 Å². The van der Waals surface area contributed by atoms with E-state index in [9.17, 15) is 10.0 Å². The fraction of sp³-hybridized carbons (Fsp3) is 0.0149. The predicted molar refractivity (Wildman–Crippen MR) is 616 cm³/mol. The minimum atomic E-state index is -1.50. The van der Waals surface area contributed by atoms with E-state index in [1.807, 2.05) is 182 Å². The molecule has 0 unspecified atom stereocenters. The summed E-state index contributed by atoms with van der Waals surface area (Å²) in [6, 6.07) is 189. The standard InChI is InChI=1S/C53H36N2.C28H19ClN2.C25H19BO2.C22H15BrN2.C6H6BClO2/c1-5-17-37(18-6-1)50-36-51(55-52(54-50)38-19-7-2-8-20-38)43-24-16-23-41(34-43)39-21-15-22-40(33-39)42-31-32-47-46-29-13-14-30-48(46)53(49(47)35-42,44-25-9-3-10-26-44)45-27-11-4-12-28-45;29-25-16-8-14-23(18-25)22-13-7-15-24(17-22)27-19-26(20-9-3-1-4-10-20)30-28(31-27)21-11-5-2-6-12-21;27-26(28)20-15-16-22-21-13-7-8-14-23(21)25(24(22)17-20,18-9-3-1-4-10-18)19-11-5-2-6-12-19;23-19-13-7-12-18(14-19)21-15-20(16-8-3-1-4-9-16)24-22(25-21)17-10-5-2-6-11-17;8-6-3-1-2-5(4-6)7(9)10/h1-36H;1-19H;1-17,27-28H;1-15H;1-4,9-10H. The van der Waals surface area contributed by atoms with E-state index in [2.05, 4.69) is 356 Å². The molecule has 0 amide bonds. The Balaban J connectivity index is 0.000000118. The van der Waals surface area contributed by atoms with Crippen molar-refractivity contribution >= 4 is 64.3 Å². The molecule has 0 radical (unpaired) electrons. The quantitative estimate of drug-likeness (QED) is 0.0610. The van der Waals surface area contributed by atoms with Gasteiger partial charge < -0.3 is 20.1 Å². The summed E-state index contributed by atoms with van der Waals surface area (Å²) in [5.41, 5.74) is 36.2. The normalized spacial score (nSPS) is 11.8. The van der Waals surface area contributed by atoms with E-state index in [1.165, 1.54) is 61.7 Å². The average molecular weight is 2030 g/mol. The Labute approximate surface area is 886 Å². The van der Waals surface area contributed by atoms with Gasteiger partial charge >= 0.3 is 14.2 Å². The first kappa shape index (κ1) is 97.7. The van der Waals surface area contributed by atoms with Crippen LogP contribution in [-0.4, -0.2) is 64.2 Å². The molecule has 2 aliphatic carbocycles. The summed E-state index contributed by atoms with van der Waals surface area (Å²) in [6.45, 7) is 0. The van der Waals surface area contributed by atoms with Gasteiger partial charge in [0.2, 0.25) is 0 Å². The average Bonchev–Trinajstić information content (AvgIpc) is 1.54. The molecule has 3 heterocycles. The molecule has 2 aliphatic rings. The van der Waals surface area contributed by atoms with Crippen LogP contribution < -0.4 is 10.9 Å². The van der Waals surface area contributed by atoms with Gasteiger partial charge in [0, 0.05) is 64.6 Å². The number of aromatic nitrogens is 6. The Hall–Kier alpha value is -17.3. The van der Waals surface area contributed by atoms with Gasteiger partial charge in [-0.2, -0.15) is 0 Å². The van der Waals surface area contributed by atoms with Crippen molar-refractivity contribution in [3.8, 4) is 157 Å². The molecule has 149 heavy (non-hydrogen) atoms. The van der Waals surface area contributed by atoms with Crippen LogP contribution in [0, 0.1) is 0 Å². The Morgan fingerprint density at radius 1 is 0.174 bits per heavy atom. The highest BCUT2D eigenvalue weighted by atomic mass is 79.9. The lowest BCUT2D eigenvalue weighted by molar-refractivity contribution is 0.424. The van der Waals surface area contributed by atoms with Gasteiger partial charge in [-0.25, -0.2) is 29.9 Å². The molecule has 15 heteroatoms. The van der Waals surface area contributed by atoms with Crippen LogP contribution in [0.2, 0.25) is 10.0 Å². The summed E-state index contributed by atoms with van der Waals surface area (Å²) in [7, 11) is -2.93. The molecular formula is C134H95B2BrCl2N6O4. The molecule has 25 rings (SSSR count). The third kappa shape index (κ3) is 21.3. The van der Waals surface area contributed by atoms with E-state index in [4.69, 9.17) is 63.2 Å². The largest absolute Gasteiger partial charge is 0.488 e. The van der Waals surface area contributed by atoms with Gasteiger partial charge in [-0.05, 0) is 190 Å². The van der Waals surface area contributed by atoms with E-state index in [0.29, 0.717) is 27.6 Å². The summed E-state index contributed by atoms with van der Waals surface area (Å²) in [6.07, 6.45) is 0. The summed E-state index contributed by atoms with van der Waals surface area (Å²) in [5, 5.41) is 38.2. The highest BCUT2D eigenvalue weighted by Crippen LogP contribution is 2.59. The smallest absolute Gasteiger partial charge is 0.423 e. The molecule has 0 fully saturated rings. The Kier molecular flexibility index (Phi) is 29.6. The zero-order valence-electron chi connectivity index (χ0n) is 80.8. The van der Waals surface area contributed by atoms with Crippen molar-refractivity contribution in [3.63, 3.8) is 0 Å². The monoisotopic (exact) mass is 2020 g/mol. The maximum Gasteiger partial charge on any atom is 0.488 e. The van der Waals surface area contributed by atoms with Crippen molar-refractivity contribution in [2.75, 3.05) is 0 Å². The third-order valence-electron chi connectivity index (χ3n) is 27.0. The summed E-state index contributed by atoms with van der Waals surface area (Å²) in [4.78, 5) is 29.5. The number of hydrogen-bond acceptors (Lipinski definition) is 10. The lowest BCUT2D eigenvalue weighted by atomic mass is 9.66. The molecule has 0 atom stereocenters. The number of nitrogens with zero attached hydrogens (tertiary/aromatic N) is 6. The van der Waals surface area contributed by atoms with Gasteiger partial charge in [0.15, 0.2) is 17.5 Å². The summed E-state index contributed by atoms with van der Waals surface area (Å²) < 4.78 is 1.03. The van der Waals surface area contributed by atoms with Gasteiger partial charge in [0.1, 0.15) is 0 Å². The van der Waals surface area contributed by atoms with E-state index < -0.39 is 25.1 Å². The van der Waals surface area contributed by atoms with Gasteiger partial charge in [-0.3, -0.25) is 0 Å². The Bertz CT molecular complexity index is 8370. The van der Waals surface area contributed by atoms with E-state index in [0.717, 1.165) is 144 Å². The molecule has 0 saturated carbocycles. The van der Waals surface area contributed by atoms with Crippen molar-refractivity contribution in [2.45, 2.75) is 10.8 Å². The maximum absolute atomic E-state index is 9.84. The number of rotatable bonds is 18. The number of hydrogen-bond donors (Lipinski definition) is 4. The molecule has 0 saturated heterocycles. The van der Waals surface area contributed by atoms with Gasteiger partial charge in [-0.1, -0.05) is 512 Å². The van der Waals surface area contributed by atoms with Crippen LogP contribution in [0.25, 0.3) is 157 Å². The van der Waals surface area contributed by atoms with Crippen molar-refractivity contribution in [3.05, 3.63) is 611 Å². The number of benzene rings is 20. The molecule has 10 nitrogen and oxygen atoms in total. The van der Waals surface area contributed by atoms with Gasteiger partial charge in [0.05, 0.1) is 45.0 Å². The summed E-state index contributed by atoms with van der Waals surface area (Å²) >= 11 is 15.3. The minimum absolute atomic E-state index is 0.410. The topological polar surface area (TPSA) is 158 Å². The molecule has 20 aromatic carbocycles. The van der Waals surface area contributed by atoms with Gasteiger partial charge in [0.25, 0.3) is 0 Å². The Morgan fingerprint density at radius 3 is 0.752 bits per heavy atom. The molecule has 23 aromatic rings. The van der Waals surface area contributed by atoms with Crippen molar-refractivity contribution in [1.82, 2.24) is 29.9 Å². The number of fused-ring (bicyclic) bond motifs is 6. The van der Waals surface area contributed by atoms with Crippen LogP contribution in [0.5, 0.6) is 0 Å². The molecule has 712 valence electrons. The molecular weight excluding hydrogens is 1930 g/mol. The number of halogens is 3. The zero-order valence-corrected chi connectivity index (χ0v) is 83.9. The molecule has 3 aromatic heterocycles. The van der Waals surface area contributed by atoms with Crippen LogP contribution >= 0.6 is 39.1 Å². The first-order valence-electron chi connectivity index (χ1n) is 49.3. The Morgan fingerprint density at radius 2 is 0.416 bits per heavy atom. The maximum atomic E-state index is 9.84. The molecule has 0 bridgehead atoms. The highest BCUT2D eigenvalue weighted by Gasteiger charge is 2.48. The second-order valence-corrected chi connectivity index (χ2v) is 38.1. The summed E-state index contributed by atoms with van der Waals surface area (Å²) in [5.74, 6) is 2.16. The van der Waals surface area contributed by atoms with Crippen molar-refractivity contribution < 1.29 is 20.1 Å². The fourth-order valence-electron chi connectivity index (χ4n) is 20.0. The van der Waals surface area contributed by atoms with E-state index in [1.54, 1.807) is 24.3 Å². The zero-order chi connectivity index (χ0) is 101. The SMILES string of the molecule is Brc1cccc(-c2cc(-c3ccccc3)nc(-c3ccccc3)n2)c1.Clc1cccc(-c2cccc(-c3cc(-c4ccccc4)nc(-c4ccccc4)n3)c2)c1.OB(O)c1ccc2c(c1)C(c1ccccc1)(c1ccccc1)c1ccccc1-2.OB(O)c1cccc(Cl)c1.c1ccc(-c2cc(-c3cccc(-c4cccc(-c5ccc6c(c5)C(c5ccccc5)(c5ccccc5)c5ccccc5-6)c4)c3)nc(-c3ccccc3)n2)cc1. The second kappa shape index (κ2) is 45.1. The minimum Gasteiger partial charge on any atom is -0.423 e. The molecule has 0 aliphatic heterocycles. The lowest BCUT2D eigenvalue weighted by Crippen LogP contribution is -2.33. The molecule has 0 spiro atoms. The van der Waals surface area contributed by atoms with Crippen LogP contribution in [0.1, 0.15) is 44.5 Å². The third-order valence-corrected chi connectivity index (χ3v) is 28.0. The first-order chi connectivity index (χ1) is 73.2. The second-order valence-electron chi connectivity index (χ2n) is 36.3. The van der Waals surface area contributed by atoms with Crippen LogP contribution in [0.3, 0.4) is 0 Å². The van der Waals surface area contributed by atoms with E-state index in [-0.39, 0.29) is 0 Å². The first-order valence-corrected chi connectivity index (χ1v) is 50.8. The lowest BCUT2D eigenvalue weighted by Gasteiger charge is -2.34. The van der Waals surface area contributed by atoms with Crippen LogP contribution in [0.15, 0.2) is 557 Å². The molecule has 4 N–H and O–H groups in total. The van der Waals surface area contributed by atoms with Gasteiger partial charge in [-0.15, -0.1) is 0 Å². The highest BCUT2D eigenvalue weighted by molar-refractivity contribution is 9.10. The van der Waals surface area contributed by atoms with Crippen LogP contribution in [-0.2, 0) is 10.8 Å². The van der Waals surface area contributed by atoms with Crippen molar-refractivity contribution in [1.29, 1.82) is 0 Å².